The van der Waals surface area contributed by atoms with Gasteiger partial charge in [-0.15, -0.1) is 0 Å². The number of rotatable bonds is 5. The molecule has 0 saturated carbocycles. The molecule has 2 aromatic rings. The monoisotopic (exact) mass is 294 g/mol. The highest BCUT2D eigenvalue weighted by atomic mass is 15.3. The molecule has 22 heavy (non-hydrogen) atoms. The zero-order valence-corrected chi connectivity index (χ0v) is 13.7. The summed E-state index contributed by atoms with van der Waals surface area (Å²) in [4.78, 5) is 2.50. The highest BCUT2D eigenvalue weighted by molar-refractivity contribution is 5.28. The predicted octanol–water partition coefficient (Wildman–Crippen LogP) is 3.65. The normalized spacial score (nSPS) is 26.4. The second-order valence-corrected chi connectivity index (χ2v) is 6.49. The van der Waals surface area contributed by atoms with Gasteiger partial charge in [0.2, 0.25) is 0 Å². The zero-order chi connectivity index (χ0) is 15.5. The van der Waals surface area contributed by atoms with Crippen LogP contribution in [-0.4, -0.2) is 30.1 Å². The quantitative estimate of drug-likeness (QED) is 0.905. The lowest BCUT2D eigenvalue weighted by Gasteiger charge is -2.55. The molecule has 2 aromatic carbocycles. The zero-order valence-electron chi connectivity index (χ0n) is 13.7. The van der Waals surface area contributed by atoms with Crippen molar-refractivity contribution in [3.05, 3.63) is 71.8 Å². The summed E-state index contributed by atoms with van der Waals surface area (Å²) < 4.78 is 0. The third kappa shape index (κ3) is 2.94. The van der Waals surface area contributed by atoms with E-state index in [1.807, 2.05) is 0 Å². The molecule has 4 atom stereocenters. The summed E-state index contributed by atoms with van der Waals surface area (Å²) in [6.45, 7) is 5.58. The summed E-state index contributed by atoms with van der Waals surface area (Å²) in [5.41, 5.74) is 2.81. The number of nitrogens with zero attached hydrogens (tertiary/aromatic N) is 1. The Balaban J connectivity index is 1.67. The summed E-state index contributed by atoms with van der Waals surface area (Å²) >= 11 is 0. The van der Waals surface area contributed by atoms with E-state index in [1.54, 1.807) is 0 Å². The molecule has 2 nitrogen and oxygen atoms in total. The maximum absolute atomic E-state index is 3.71. The van der Waals surface area contributed by atoms with E-state index in [0.29, 0.717) is 24.0 Å². The lowest BCUT2D eigenvalue weighted by molar-refractivity contribution is 0.00161. The van der Waals surface area contributed by atoms with Gasteiger partial charge < -0.3 is 5.32 Å². The highest BCUT2D eigenvalue weighted by Crippen LogP contribution is 2.40. The Labute approximate surface area is 134 Å². The molecule has 0 aliphatic carbocycles. The van der Waals surface area contributed by atoms with E-state index in [9.17, 15) is 0 Å². The van der Waals surface area contributed by atoms with Crippen LogP contribution in [0.15, 0.2) is 60.7 Å². The Hall–Kier alpha value is -1.64. The topological polar surface area (TPSA) is 15.3 Å². The van der Waals surface area contributed by atoms with E-state index in [-0.39, 0.29) is 0 Å². The minimum absolute atomic E-state index is 0.464. The molecule has 0 aromatic heterocycles. The molecule has 1 aliphatic rings. The van der Waals surface area contributed by atoms with Crippen LogP contribution >= 0.6 is 0 Å². The van der Waals surface area contributed by atoms with Gasteiger partial charge in [-0.3, -0.25) is 4.90 Å². The fourth-order valence-electron chi connectivity index (χ4n) is 3.77. The molecule has 0 bridgehead atoms. The van der Waals surface area contributed by atoms with Crippen molar-refractivity contribution in [2.75, 3.05) is 7.05 Å². The first-order valence-electron chi connectivity index (χ1n) is 8.22. The number of benzene rings is 2. The van der Waals surface area contributed by atoms with Gasteiger partial charge in [-0.1, -0.05) is 60.7 Å². The van der Waals surface area contributed by atoms with Gasteiger partial charge in [-0.25, -0.2) is 0 Å². The predicted molar refractivity (Wildman–Crippen MR) is 92.9 cm³/mol. The van der Waals surface area contributed by atoms with E-state index in [2.05, 4.69) is 91.8 Å². The lowest BCUT2D eigenvalue weighted by atomic mass is 9.73. The van der Waals surface area contributed by atoms with Crippen molar-refractivity contribution in [2.24, 2.45) is 0 Å². The van der Waals surface area contributed by atoms with Crippen LogP contribution in [0.1, 0.15) is 30.9 Å². The van der Waals surface area contributed by atoms with Gasteiger partial charge in [0.15, 0.2) is 0 Å². The number of nitrogens with one attached hydrogen (secondary N) is 1. The van der Waals surface area contributed by atoms with Gasteiger partial charge in [0, 0.05) is 30.6 Å². The average Bonchev–Trinajstić information content (AvgIpc) is 2.58. The van der Waals surface area contributed by atoms with Crippen LogP contribution in [0, 0.1) is 0 Å². The van der Waals surface area contributed by atoms with Crippen LogP contribution in [0.25, 0.3) is 0 Å². The van der Waals surface area contributed by atoms with E-state index >= 15 is 0 Å². The minimum Gasteiger partial charge on any atom is -0.309 e. The van der Waals surface area contributed by atoms with Crippen molar-refractivity contribution >= 4 is 0 Å². The first-order valence-corrected chi connectivity index (χ1v) is 8.22. The van der Waals surface area contributed by atoms with E-state index in [4.69, 9.17) is 0 Å². The smallest absolute Gasteiger partial charge is 0.0330 e. The standard InChI is InChI=1S/C20H26N2/c1-15(21-14-17-10-6-4-7-11-17)20-19(16(2)22(20)3)18-12-8-5-9-13-18/h4-13,15-16,19-21H,14H2,1-3H3/t15-,16-,19+,20-/m0/s1. The Bertz CT molecular complexity index is 581. The molecule has 1 fully saturated rings. The van der Waals surface area contributed by atoms with Crippen molar-refractivity contribution in [1.29, 1.82) is 0 Å². The van der Waals surface area contributed by atoms with Gasteiger partial charge in [0.1, 0.15) is 0 Å². The van der Waals surface area contributed by atoms with Crippen molar-refractivity contribution in [3.8, 4) is 0 Å². The molecule has 1 saturated heterocycles. The first kappa shape index (κ1) is 15.3. The second kappa shape index (κ2) is 6.64. The van der Waals surface area contributed by atoms with Crippen molar-refractivity contribution in [2.45, 2.75) is 44.4 Å². The van der Waals surface area contributed by atoms with Gasteiger partial charge in [0.25, 0.3) is 0 Å². The third-order valence-electron chi connectivity index (χ3n) is 5.17. The van der Waals surface area contributed by atoms with Crippen LogP contribution < -0.4 is 5.32 Å². The molecule has 0 amide bonds. The molecule has 116 valence electrons. The largest absolute Gasteiger partial charge is 0.309 e. The Morgan fingerprint density at radius 3 is 2.23 bits per heavy atom. The minimum atomic E-state index is 0.464. The van der Waals surface area contributed by atoms with Gasteiger partial charge in [0.05, 0.1) is 0 Å². The summed E-state index contributed by atoms with van der Waals surface area (Å²) in [5, 5.41) is 3.71. The molecule has 3 rings (SSSR count). The summed E-state index contributed by atoms with van der Waals surface area (Å²) in [7, 11) is 2.25. The molecule has 1 N–H and O–H groups in total. The van der Waals surface area contributed by atoms with Gasteiger partial charge >= 0.3 is 0 Å². The number of hydrogen-bond acceptors (Lipinski definition) is 2. The molecule has 1 aliphatic heterocycles. The molecule has 0 spiro atoms. The molecule has 2 heteroatoms. The summed E-state index contributed by atoms with van der Waals surface area (Å²) in [6.07, 6.45) is 0. The molecule has 0 radical (unpaired) electrons. The number of hydrogen-bond donors (Lipinski definition) is 1. The Morgan fingerprint density at radius 2 is 1.59 bits per heavy atom. The van der Waals surface area contributed by atoms with Crippen molar-refractivity contribution < 1.29 is 0 Å². The van der Waals surface area contributed by atoms with Gasteiger partial charge in [-0.2, -0.15) is 0 Å². The summed E-state index contributed by atoms with van der Waals surface area (Å²) in [5.74, 6) is 0.615. The fourth-order valence-corrected chi connectivity index (χ4v) is 3.77. The SMILES string of the molecule is C[C@H](NCc1ccccc1)[C@H]1[C@@H](c2ccccc2)[C@H](C)N1C. The Kier molecular flexibility index (Phi) is 4.60. The first-order chi connectivity index (χ1) is 10.7. The van der Waals surface area contributed by atoms with Crippen LogP contribution in [0.5, 0.6) is 0 Å². The molecular formula is C20H26N2. The lowest BCUT2D eigenvalue weighted by Crippen LogP contribution is -2.65. The van der Waals surface area contributed by atoms with E-state index in [0.717, 1.165) is 6.54 Å². The number of likely N-dealkylation sites (N-methyl/N-ethyl adjacent to an activating group) is 1. The van der Waals surface area contributed by atoms with Crippen LogP contribution in [0.4, 0.5) is 0 Å². The van der Waals surface area contributed by atoms with Crippen molar-refractivity contribution in [3.63, 3.8) is 0 Å². The van der Waals surface area contributed by atoms with E-state index in [1.165, 1.54) is 11.1 Å². The number of likely N-dealkylation sites (tertiary alicyclic amines) is 1. The van der Waals surface area contributed by atoms with Crippen LogP contribution in [-0.2, 0) is 6.54 Å². The highest BCUT2D eigenvalue weighted by Gasteiger charge is 2.46. The maximum Gasteiger partial charge on any atom is 0.0330 e. The molecule has 1 heterocycles. The Morgan fingerprint density at radius 1 is 1.00 bits per heavy atom. The average molecular weight is 294 g/mol. The maximum atomic E-state index is 3.71. The molecule has 0 unspecified atom stereocenters. The van der Waals surface area contributed by atoms with Crippen LogP contribution in [0.2, 0.25) is 0 Å². The van der Waals surface area contributed by atoms with Gasteiger partial charge in [-0.05, 0) is 32.0 Å². The van der Waals surface area contributed by atoms with E-state index < -0.39 is 0 Å². The second-order valence-electron chi connectivity index (χ2n) is 6.49. The fraction of sp³-hybridized carbons (Fsp3) is 0.400. The van der Waals surface area contributed by atoms with Crippen LogP contribution in [0.3, 0.4) is 0 Å². The molecular weight excluding hydrogens is 268 g/mol. The third-order valence-corrected chi connectivity index (χ3v) is 5.17. The van der Waals surface area contributed by atoms with Crippen molar-refractivity contribution in [1.82, 2.24) is 10.2 Å². The summed E-state index contributed by atoms with van der Waals surface area (Å²) in [6, 6.07) is 23.2.